The number of methoxy groups -OCH3 is 2. The maximum Gasteiger partial charge on any atom is 0.342 e. The smallest absolute Gasteiger partial charge is 0.342 e. The third-order valence-corrected chi connectivity index (χ3v) is 4.36. The van der Waals surface area contributed by atoms with Crippen LogP contribution < -0.4 is 14.8 Å². The number of thioether (sulfide) groups is 1. The van der Waals surface area contributed by atoms with E-state index >= 15 is 0 Å². The van der Waals surface area contributed by atoms with Crippen molar-refractivity contribution in [1.82, 2.24) is 0 Å². The lowest BCUT2D eigenvalue weighted by molar-refractivity contribution is -0.119. The number of anilines is 1. The second-order valence-corrected chi connectivity index (χ2v) is 6.35. The predicted molar refractivity (Wildman–Crippen MR) is 102 cm³/mol. The summed E-state index contributed by atoms with van der Waals surface area (Å²) in [6.45, 7) is -0.456. The van der Waals surface area contributed by atoms with Gasteiger partial charge in [0.25, 0.3) is 5.91 Å². The molecule has 26 heavy (non-hydrogen) atoms. The number of esters is 1. The minimum absolute atomic E-state index is 0.249. The van der Waals surface area contributed by atoms with Crippen LogP contribution in [0.15, 0.2) is 41.3 Å². The third kappa shape index (κ3) is 5.06. The van der Waals surface area contributed by atoms with E-state index in [1.54, 1.807) is 36.4 Å². The van der Waals surface area contributed by atoms with E-state index in [4.69, 9.17) is 25.8 Å². The van der Waals surface area contributed by atoms with Gasteiger partial charge in [-0.1, -0.05) is 11.6 Å². The molecule has 2 aromatic carbocycles. The van der Waals surface area contributed by atoms with Gasteiger partial charge >= 0.3 is 5.97 Å². The number of ether oxygens (including phenoxy) is 3. The number of amides is 1. The average molecular weight is 396 g/mol. The predicted octanol–water partition coefficient (Wildman–Crippen LogP) is 3.87. The maximum atomic E-state index is 12.2. The Balaban J connectivity index is 2.01. The highest BCUT2D eigenvalue weighted by Gasteiger charge is 2.16. The first kappa shape index (κ1) is 19.9. The molecule has 0 bridgehead atoms. The third-order valence-electron chi connectivity index (χ3n) is 3.40. The molecule has 0 saturated heterocycles. The van der Waals surface area contributed by atoms with E-state index < -0.39 is 18.5 Å². The van der Waals surface area contributed by atoms with Gasteiger partial charge in [-0.05, 0) is 42.7 Å². The zero-order chi connectivity index (χ0) is 19.1. The number of carbonyl (C=O) groups is 2. The quantitative estimate of drug-likeness (QED) is 0.566. The molecule has 8 heteroatoms. The van der Waals surface area contributed by atoms with Crippen molar-refractivity contribution in [3.8, 4) is 11.5 Å². The number of carbonyl (C=O) groups excluding carboxylic acids is 2. The summed E-state index contributed by atoms with van der Waals surface area (Å²) in [5.74, 6) is -0.330. The first-order valence-corrected chi connectivity index (χ1v) is 9.11. The van der Waals surface area contributed by atoms with Gasteiger partial charge in [-0.3, -0.25) is 4.79 Å². The molecule has 1 amide bonds. The SMILES string of the molecule is COc1ccc(Cl)cc1NC(=O)COC(=O)c1ccc(SC)cc1OC. The summed E-state index contributed by atoms with van der Waals surface area (Å²) in [5.41, 5.74) is 0.640. The molecule has 0 aliphatic heterocycles. The van der Waals surface area contributed by atoms with Gasteiger partial charge in [0, 0.05) is 9.92 Å². The molecule has 0 spiro atoms. The first-order chi connectivity index (χ1) is 12.5. The summed E-state index contributed by atoms with van der Waals surface area (Å²) < 4.78 is 15.4. The first-order valence-electron chi connectivity index (χ1n) is 7.51. The molecule has 6 nitrogen and oxygen atoms in total. The maximum absolute atomic E-state index is 12.2. The van der Waals surface area contributed by atoms with Crippen molar-refractivity contribution in [2.45, 2.75) is 4.90 Å². The molecule has 0 radical (unpaired) electrons. The van der Waals surface area contributed by atoms with Crippen molar-refractivity contribution in [1.29, 1.82) is 0 Å². The Morgan fingerprint density at radius 1 is 1.08 bits per heavy atom. The molecular weight excluding hydrogens is 378 g/mol. The van der Waals surface area contributed by atoms with Gasteiger partial charge in [0.2, 0.25) is 0 Å². The van der Waals surface area contributed by atoms with Crippen LogP contribution in [0.2, 0.25) is 5.02 Å². The van der Waals surface area contributed by atoms with E-state index in [0.29, 0.717) is 22.2 Å². The number of halogens is 1. The minimum atomic E-state index is -0.650. The van der Waals surface area contributed by atoms with E-state index in [0.717, 1.165) is 4.90 Å². The lowest BCUT2D eigenvalue weighted by Gasteiger charge is -2.12. The van der Waals surface area contributed by atoms with Crippen LogP contribution in [-0.2, 0) is 9.53 Å². The van der Waals surface area contributed by atoms with Crippen molar-refractivity contribution in [2.75, 3.05) is 32.4 Å². The largest absolute Gasteiger partial charge is 0.496 e. The van der Waals surface area contributed by atoms with E-state index in [1.807, 2.05) is 6.26 Å². The summed E-state index contributed by atoms with van der Waals surface area (Å²) in [6.07, 6.45) is 1.92. The number of hydrogen-bond donors (Lipinski definition) is 1. The fourth-order valence-corrected chi connectivity index (χ4v) is 2.74. The van der Waals surface area contributed by atoms with Crippen LogP contribution in [0.5, 0.6) is 11.5 Å². The van der Waals surface area contributed by atoms with Gasteiger partial charge < -0.3 is 19.5 Å². The van der Waals surface area contributed by atoms with Gasteiger partial charge in [0.1, 0.15) is 17.1 Å². The van der Waals surface area contributed by atoms with Gasteiger partial charge in [-0.2, -0.15) is 0 Å². The Morgan fingerprint density at radius 3 is 2.46 bits per heavy atom. The Bertz CT molecular complexity index is 812. The van der Waals surface area contributed by atoms with Crippen molar-refractivity contribution < 1.29 is 23.8 Å². The van der Waals surface area contributed by atoms with Gasteiger partial charge in [-0.15, -0.1) is 11.8 Å². The Morgan fingerprint density at radius 2 is 1.81 bits per heavy atom. The van der Waals surface area contributed by atoms with Crippen molar-refractivity contribution in [3.63, 3.8) is 0 Å². The molecule has 0 heterocycles. The molecule has 0 fully saturated rings. The van der Waals surface area contributed by atoms with Crippen LogP contribution in [0.1, 0.15) is 10.4 Å². The minimum Gasteiger partial charge on any atom is -0.496 e. The van der Waals surface area contributed by atoms with Gasteiger partial charge in [0.15, 0.2) is 6.61 Å². The van der Waals surface area contributed by atoms with E-state index in [2.05, 4.69) is 5.32 Å². The number of hydrogen-bond acceptors (Lipinski definition) is 6. The summed E-state index contributed by atoms with van der Waals surface area (Å²) >= 11 is 7.44. The molecule has 0 unspecified atom stereocenters. The van der Waals surface area contributed by atoms with Crippen LogP contribution in [0.4, 0.5) is 5.69 Å². The average Bonchev–Trinajstić information content (AvgIpc) is 2.65. The van der Waals surface area contributed by atoms with Gasteiger partial charge in [-0.25, -0.2) is 4.79 Å². The van der Waals surface area contributed by atoms with Crippen molar-refractivity contribution in [3.05, 3.63) is 47.0 Å². The molecule has 0 aromatic heterocycles. The zero-order valence-electron chi connectivity index (χ0n) is 14.5. The summed E-state index contributed by atoms with van der Waals surface area (Å²) in [4.78, 5) is 25.2. The second-order valence-electron chi connectivity index (χ2n) is 5.04. The highest BCUT2D eigenvalue weighted by molar-refractivity contribution is 7.98. The number of rotatable bonds is 7. The molecule has 1 N–H and O–H groups in total. The summed E-state index contributed by atoms with van der Waals surface area (Å²) in [7, 11) is 2.94. The summed E-state index contributed by atoms with van der Waals surface area (Å²) in [6, 6.07) is 9.93. The van der Waals surface area contributed by atoms with Crippen LogP contribution in [-0.4, -0.2) is 39.0 Å². The Kier molecular flexibility index (Phi) is 7.17. The molecule has 0 atom stereocenters. The van der Waals surface area contributed by atoms with Crippen molar-refractivity contribution in [2.24, 2.45) is 0 Å². The standard InChI is InChI=1S/C18H18ClNO5S/c1-23-15-7-4-11(19)8-14(15)20-17(21)10-25-18(22)13-6-5-12(26-3)9-16(13)24-2/h4-9H,10H2,1-3H3,(H,20,21). The topological polar surface area (TPSA) is 73.9 Å². The van der Waals surface area contributed by atoms with Crippen LogP contribution in [0, 0.1) is 0 Å². The number of nitrogens with one attached hydrogen (secondary N) is 1. The van der Waals surface area contributed by atoms with Crippen LogP contribution in [0.25, 0.3) is 0 Å². The molecule has 0 saturated carbocycles. The number of benzene rings is 2. The van der Waals surface area contributed by atoms with E-state index in [-0.39, 0.29) is 5.56 Å². The lowest BCUT2D eigenvalue weighted by atomic mass is 10.2. The Labute approximate surface area is 160 Å². The highest BCUT2D eigenvalue weighted by Crippen LogP contribution is 2.28. The van der Waals surface area contributed by atoms with E-state index in [9.17, 15) is 9.59 Å². The van der Waals surface area contributed by atoms with E-state index in [1.165, 1.54) is 26.0 Å². The molecule has 138 valence electrons. The lowest BCUT2D eigenvalue weighted by Crippen LogP contribution is -2.21. The second kappa shape index (κ2) is 9.35. The summed E-state index contributed by atoms with van der Waals surface area (Å²) in [5, 5.41) is 3.04. The molecule has 2 rings (SSSR count). The fourth-order valence-electron chi connectivity index (χ4n) is 2.14. The molecule has 0 aliphatic carbocycles. The highest BCUT2D eigenvalue weighted by atomic mass is 35.5. The van der Waals surface area contributed by atoms with Crippen molar-refractivity contribution >= 4 is 40.9 Å². The fraction of sp³-hybridized carbons (Fsp3) is 0.222. The molecule has 2 aromatic rings. The monoisotopic (exact) mass is 395 g/mol. The van der Waals surface area contributed by atoms with Gasteiger partial charge in [0.05, 0.1) is 19.9 Å². The molecule has 0 aliphatic rings. The van der Waals surface area contributed by atoms with Crippen LogP contribution >= 0.6 is 23.4 Å². The Hall–Kier alpha value is -2.38. The van der Waals surface area contributed by atoms with Crippen LogP contribution in [0.3, 0.4) is 0 Å². The zero-order valence-corrected chi connectivity index (χ0v) is 16.1. The normalized spacial score (nSPS) is 10.2. The molecular formula is C18H18ClNO5S.